The van der Waals surface area contributed by atoms with Crippen LogP contribution in [0.25, 0.3) is 10.9 Å². The number of H-pyrrole nitrogens is 1. The molecule has 1 atom stereocenters. The zero-order valence-corrected chi connectivity index (χ0v) is 19.2. The summed E-state index contributed by atoms with van der Waals surface area (Å²) in [4.78, 5) is 3.26. The number of hydrogen-bond acceptors (Lipinski definition) is 4. The number of hydrogen-bond donors (Lipinski definition) is 2. The second kappa shape index (κ2) is 8.20. The molecule has 1 aromatic heterocycles. The summed E-state index contributed by atoms with van der Waals surface area (Å²) >= 11 is 0. The first-order chi connectivity index (χ1) is 15.1. The van der Waals surface area contributed by atoms with Crippen molar-refractivity contribution >= 4 is 30.9 Å². The highest BCUT2D eigenvalue weighted by Gasteiger charge is 2.27. The Bertz CT molecular complexity index is 1500. The van der Waals surface area contributed by atoms with E-state index in [1.165, 1.54) is 18.3 Å². The van der Waals surface area contributed by atoms with Gasteiger partial charge in [-0.15, -0.1) is 0 Å². The quantitative estimate of drug-likeness (QED) is 0.383. The molecular weight excluding hydrogens is 446 g/mol. The van der Waals surface area contributed by atoms with Gasteiger partial charge < -0.3 is 4.98 Å². The third-order valence-electron chi connectivity index (χ3n) is 5.75. The predicted molar refractivity (Wildman–Crippen MR) is 123 cm³/mol. The van der Waals surface area contributed by atoms with Crippen LogP contribution in [0.3, 0.4) is 0 Å². The molecule has 0 fully saturated rings. The molecule has 0 saturated heterocycles. The third-order valence-corrected chi connectivity index (χ3v) is 8.40. The first kappa shape index (κ1) is 22.3. The van der Waals surface area contributed by atoms with Crippen molar-refractivity contribution < 1.29 is 21.4 Å². The van der Waals surface area contributed by atoms with Gasteiger partial charge in [-0.1, -0.05) is 43.3 Å². The number of aromatic amines is 1. The summed E-state index contributed by atoms with van der Waals surface area (Å²) in [7, 11) is -8.14. The van der Waals surface area contributed by atoms with Gasteiger partial charge in [-0.2, -0.15) is 8.42 Å². The minimum atomic E-state index is -4.37. The summed E-state index contributed by atoms with van der Waals surface area (Å²) in [5, 5.41) is 0.583. The topological polar surface area (TPSA) is 104 Å². The zero-order valence-electron chi connectivity index (χ0n) is 17.6. The predicted octanol–water partition coefficient (Wildman–Crippen LogP) is 5.10. The minimum absolute atomic E-state index is 0.177. The second-order valence-electron chi connectivity index (χ2n) is 7.69. The van der Waals surface area contributed by atoms with Crippen molar-refractivity contribution in [3.05, 3.63) is 89.6 Å². The molecule has 3 aromatic carbocycles. The van der Waals surface area contributed by atoms with Gasteiger partial charge in [0.25, 0.3) is 10.1 Å². The van der Waals surface area contributed by atoms with Crippen LogP contribution >= 0.6 is 0 Å². The number of rotatable bonds is 6. The molecule has 4 rings (SSSR count). The smallest absolute Gasteiger partial charge is 0.294 e. The molecular formula is C24H23NO5S2. The average Bonchev–Trinajstić information content (AvgIpc) is 3.21. The molecule has 0 spiro atoms. The minimum Gasteiger partial charge on any atom is -0.360 e. The largest absolute Gasteiger partial charge is 0.360 e. The van der Waals surface area contributed by atoms with Crippen molar-refractivity contribution in [2.45, 2.75) is 40.9 Å². The Hall–Kier alpha value is -2.94. The fraction of sp³-hybridized carbons (Fsp3) is 0.167. The Morgan fingerprint density at radius 1 is 0.875 bits per heavy atom. The molecule has 0 bridgehead atoms. The van der Waals surface area contributed by atoms with E-state index in [4.69, 9.17) is 0 Å². The molecule has 0 radical (unpaired) electrons. The van der Waals surface area contributed by atoms with Crippen molar-refractivity contribution in [1.29, 1.82) is 0 Å². The molecule has 0 aliphatic rings. The standard InChI is InChI=1S/C24H23NO5S2/c1-3-19(21-14-18(32(28,29)30)13-12-16(21)2)20-10-7-11-22-24(20)23(15-25-22)31(26,27)17-8-5-4-6-9-17/h4-15,19,25H,3H2,1-2H3,(H,28,29,30). The van der Waals surface area contributed by atoms with Gasteiger partial charge in [0.2, 0.25) is 9.84 Å². The monoisotopic (exact) mass is 469 g/mol. The number of nitrogens with one attached hydrogen (secondary N) is 1. The van der Waals surface area contributed by atoms with Crippen LogP contribution in [0.5, 0.6) is 0 Å². The van der Waals surface area contributed by atoms with Crippen LogP contribution in [-0.4, -0.2) is 26.4 Å². The Morgan fingerprint density at radius 2 is 1.59 bits per heavy atom. The van der Waals surface area contributed by atoms with Crippen LogP contribution in [0.15, 0.2) is 87.6 Å². The summed E-state index contributed by atoms with van der Waals surface area (Å²) in [6, 6.07) is 18.3. The molecule has 0 amide bonds. The summed E-state index contributed by atoms with van der Waals surface area (Å²) < 4.78 is 59.8. The van der Waals surface area contributed by atoms with Crippen LogP contribution < -0.4 is 0 Å². The van der Waals surface area contributed by atoms with Crippen LogP contribution in [-0.2, 0) is 20.0 Å². The highest BCUT2D eigenvalue weighted by molar-refractivity contribution is 7.91. The van der Waals surface area contributed by atoms with Crippen LogP contribution in [0.4, 0.5) is 0 Å². The Labute approximate surface area is 187 Å². The van der Waals surface area contributed by atoms with Crippen molar-refractivity contribution in [1.82, 2.24) is 4.98 Å². The van der Waals surface area contributed by atoms with Crippen molar-refractivity contribution in [3.8, 4) is 0 Å². The molecule has 2 N–H and O–H groups in total. The van der Waals surface area contributed by atoms with E-state index in [1.54, 1.807) is 36.4 Å². The van der Waals surface area contributed by atoms with E-state index in [0.717, 1.165) is 16.7 Å². The SMILES string of the molecule is CCC(c1cc(S(=O)(=O)O)ccc1C)c1cccc2[nH]cc(S(=O)(=O)c3ccccc3)c12. The van der Waals surface area contributed by atoms with E-state index in [1.807, 2.05) is 32.0 Å². The lowest BCUT2D eigenvalue weighted by Crippen LogP contribution is -2.07. The van der Waals surface area contributed by atoms with Crippen molar-refractivity contribution in [2.24, 2.45) is 0 Å². The second-order valence-corrected chi connectivity index (χ2v) is 11.0. The fourth-order valence-corrected chi connectivity index (χ4v) is 6.17. The zero-order chi connectivity index (χ0) is 23.1. The number of aromatic nitrogens is 1. The molecule has 1 heterocycles. The van der Waals surface area contributed by atoms with E-state index in [2.05, 4.69) is 4.98 Å². The molecule has 1 unspecified atom stereocenters. The highest BCUT2D eigenvalue weighted by atomic mass is 32.2. The molecule has 166 valence electrons. The van der Waals surface area contributed by atoms with E-state index in [9.17, 15) is 21.4 Å². The highest BCUT2D eigenvalue weighted by Crippen LogP contribution is 2.39. The average molecular weight is 470 g/mol. The summed E-state index contributed by atoms with van der Waals surface area (Å²) in [6.07, 6.45) is 2.11. The lowest BCUT2D eigenvalue weighted by atomic mass is 9.85. The molecule has 6 nitrogen and oxygen atoms in total. The van der Waals surface area contributed by atoms with Crippen LogP contribution in [0, 0.1) is 6.92 Å². The van der Waals surface area contributed by atoms with Gasteiger partial charge >= 0.3 is 0 Å². The molecule has 0 aliphatic carbocycles. The van der Waals surface area contributed by atoms with Crippen LogP contribution in [0.1, 0.15) is 36.0 Å². The molecule has 8 heteroatoms. The van der Waals surface area contributed by atoms with Gasteiger partial charge in [-0.05, 0) is 60.4 Å². The van der Waals surface area contributed by atoms with Gasteiger partial charge in [0.05, 0.1) is 14.7 Å². The molecule has 0 aliphatic heterocycles. The fourth-order valence-electron chi connectivity index (χ4n) is 4.17. The van der Waals surface area contributed by atoms with Gasteiger partial charge in [-0.3, -0.25) is 4.55 Å². The summed E-state index contributed by atoms with van der Waals surface area (Å²) in [5.41, 5.74) is 3.03. The lowest BCUT2D eigenvalue weighted by Gasteiger charge is -2.21. The maximum atomic E-state index is 13.4. The molecule has 4 aromatic rings. The Balaban J connectivity index is 1.97. The van der Waals surface area contributed by atoms with E-state index in [-0.39, 0.29) is 20.6 Å². The van der Waals surface area contributed by atoms with Crippen molar-refractivity contribution in [2.75, 3.05) is 0 Å². The van der Waals surface area contributed by atoms with E-state index >= 15 is 0 Å². The number of sulfone groups is 1. The van der Waals surface area contributed by atoms with Crippen LogP contribution in [0.2, 0.25) is 0 Å². The van der Waals surface area contributed by atoms with Gasteiger partial charge in [-0.25, -0.2) is 8.42 Å². The van der Waals surface area contributed by atoms with E-state index in [0.29, 0.717) is 17.3 Å². The Morgan fingerprint density at radius 3 is 2.25 bits per heavy atom. The number of benzene rings is 3. The Kier molecular flexibility index (Phi) is 5.70. The lowest BCUT2D eigenvalue weighted by molar-refractivity contribution is 0.483. The number of fused-ring (bicyclic) bond motifs is 1. The summed E-state index contributed by atoms with van der Waals surface area (Å²) in [6.45, 7) is 3.83. The van der Waals surface area contributed by atoms with Crippen molar-refractivity contribution in [3.63, 3.8) is 0 Å². The molecule has 32 heavy (non-hydrogen) atoms. The maximum Gasteiger partial charge on any atom is 0.294 e. The maximum absolute atomic E-state index is 13.4. The van der Waals surface area contributed by atoms with Gasteiger partial charge in [0.15, 0.2) is 0 Å². The van der Waals surface area contributed by atoms with Gasteiger partial charge in [0.1, 0.15) is 0 Å². The third kappa shape index (κ3) is 3.85. The van der Waals surface area contributed by atoms with E-state index < -0.39 is 20.0 Å². The summed E-state index contributed by atoms with van der Waals surface area (Å²) in [5.74, 6) is -0.277. The normalized spacial score (nSPS) is 13.3. The first-order valence-electron chi connectivity index (χ1n) is 10.1. The molecule has 0 saturated carbocycles. The number of aryl methyl sites for hydroxylation is 1. The van der Waals surface area contributed by atoms with Gasteiger partial charge in [0, 0.05) is 23.0 Å². The first-order valence-corrected chi connectivity index (χ1v) is 13.0.